The number of carbonyl (C=O) groups excluding carboxylic acids is 1. The third kappa shape index (κ3) is 6.19. The number of amides is 1. The number of piperidine rings is 1. The molecular weight excluding hydrogens is 632 g/mol. The van der Waals surface area contributed by atoms with Crippen molar-refractivity contribution >= 4 is 39.8 Å². The van der Waals surface area contributed by atoms with E-state index in [9.17, 15) is 19.6 Å². The number of imidazole rings is 1. The first-order valence-corrected chi connectivity index (χ1v) is 16.8. The number of β-amino-alcohol motifs (C(OH)–C–C–N with tert-alkyl or cyclic N) is 1. The van der Waals surface area contributed by atoms with Crippen molar-refractivity contribution in [2.75, 3.05) is 36.5 Å². The molecule has 0 spiro atoms. The van der Waals surface area contributed by atoms with Crippen LogP contribution in [0, 0.1) is 17.1 Å². The number of aliphatic hydroxyl groups is 1. The van der Waals surface area contributed by atoms with Gasteiger partial charge in [-0.25, -0.2) is 24.3 Å². The summed E-state index contributed by atoms with van der Waals surface area (Å²) >= 11 is 1.28. The maximum Gasteiger partial charge on any atom is 0.237 e. The molecule has 48 heavy (non-hydrogen) atoms. The number of benzene rings is 1. The van der Waals surface area contributed by atoms with Gasteiger partial charge in [0.25, 0.3) is 0 Å². The minimum absolute atomic E-state index is 0.0470. The fraction of sp³-hybridized carbons (Fsp3) is 0.353. The van der Waals surface area contributed by atoms with Gasteiger partial charge in [-0.2, -0.15) is 5.26 Å². The highest BCUT2D eigenvalue weighted by Gasteiger charge is 2.30. The van der Waals surface area contributed by atoms with Crippen LogP contribution in [-0.2, 0) is 11.2 Å². The van der Waals surface area contributed by atoms with E-state index in [0.29, 0.717) is 46.6 Å². The third-order valence-corrected chi connectivity index (χ3v) is 9.99. The number of aromatic nitrogens is 5. The van der Waals surface area contributed by atoms with Gasteiger partial charge in [0.2, 0.25) is 11.9 Å². The fourth-order valence-electron chi connectivity index (χ4n) is 6.34. The number of aryl methyl sites for hydroxylation is 1. The predicted octanol–water partition coefficient (Wildman–Crippen LogP) is 4.06. The molecule has 2 aliphatic heterocycles. The zero-order valence-corrected chi connectivity index (χ0v) is 27.4. The molecule has 7 rings (SSSR count). The average Bonchev–Trinajstić information content (AvgIpc) is 3.85. The molecular formula is C34H35FN10O2S. The monoisotopic (exact) mass is 666 g/mol. The molecule has 1 amide bonds. The van der Waals surface area contributed by atoms with Crippen LogP contribution < -0.4 is 20.4 Å². The highest BCUT2D eigenvalue weighted by Crippen LogP contribution is 2.37. The second-order valence-corrected chi connectivity index (χ2v) is 13.1. The second-order valence-electron chi connectivity index (χ2n) is 12.1. The highest BCUT2D eigenvalue weighted by atomic mass is 32.1. The lowest BCUT2D eigenvalue weighted by Crippen LogP contribution is -2.49. The van der Waals surface area contributed by atoms with Gasteiger partial charge in [0.05, 0.1) is 17.8 Å². The van der Waals surface area contributed by atoms with Gasteiger partial charge in [0.1, 0.15) is 33.9 Å². The summed E-state index contributed by atoms with van der Waals surface area (Å²) in [5, 5.41) is 26.4. The number of hydrogen-bond donors (Lipinski definition) is 3. The second kappa shape index (κ2) is 13.3. The summed E-state index contributed by atoms with van der Waals surface area (Å²) < 4.78 is 15.6. The van der Waals surface area contributed by atoms with Crippen molar-refractivity contribution in [3.05, 3.63) is 71.4 Å². The number of rotatable bonds is 8. The van der Waals surface area contributed by atoms with E-state index in [1.54, 1.807) is 12.1 Å². The Morgan fingerprint density at radius 3 is 2.52 bits per heavy atom. The van der Waals surface area contributed by atoms with Gasteiger partial charge in [0.15, 0.2) is 5.13 Å². The number of halogens is 1. The normalized spacial score (nSPS) is 18.3. The van der Waals surface area contributed by atoms with Gasteiger partial charge in [-0.05, 0) is 62.1 Å². The van der Waals surface area contributed by atoms with Crippen molar-refractivity contribution in [3.8, 4) is 28.5 Å². The zero-order chi connectivity index (χ0) is 33.4. The third-order valence-electron chi connectivity index (χ3n) is 8.96. The molecule has 0 radical (unpaired) electrons. The molecule has 5 aromatic rings. The van der Waals surface area contributed by atoms with Gasteiger partial charge in [-0.1, -0.05) is 18.3 Å². The first-order valence-electron chi connectivity index (χ1n) is 16.0. The summed E-state index contributed by atoms with van der Waals surface area (Å²) in [6, 6.07) is 12.0. The Kier molecular flexibility index (Phi) is 8.74. The van der Waals surface area contributed by atoms with Crippen molar-refractivity contribution in [2.45, 2.75) is 50.8 Å². The van der Waals surface area contributed by atoms with Gasteiger partial charge in [-0.15, -0.1) is 0 Å². The van der Waals surface area contributed by atoms with Crippen LogP contribution in [0.2, 0.25) is 0 Å². The summed E-state index contributed by atoms with van der Waals surface area (Å²) in [4.78, 5) is 36.1. The molecule has 2 atom stereocenters. The maximum atomic E-state index is 13.6. The van der Waals surface area contributed by atoms with E-state index in [1.165, 1.54) is 23.5 Å². The number of nitrogens with one attached hydrogen (secondary N) is 2. The Bertz CT molecular complexity index is 1980. The number of carbonyl (C=O) groups is 1. The number of anilines is 3. The van der Waals surface area contributed by atoms with Crippen LogP contribution in [0.15, 0.2) is 55.0 Å². The lowest BCUT2D eigenvalue weighted by molar-refractivity contribution is -0.123. The Balaban J connectivity index is 1.08. The van der Waals surface area contributed by atoms with E-state index < -0.39 is 6.10 Å². The summed E-state index contributed by atoms with van der Waals surface area (Å²) in [7, 11) is 1.91. The molecule has 4 aromatic heterocycles. The van der Waals surface area contributed by atoms with Crippen molar-refractivity contribution < 1.29 is 14.3 Å². The van der Waals surface area contributed by atoms with Crippen molar-refractivity contribution in [1.29, 1.82) is 5.26 Å². The summed E-state index contributed by atoms with van der Waals surface area (Å²) in [6.45, 7) is 3.97. The first-order chi connectivity index (χ1) is 23.3. The van der Waals surface area contributed by atoms with Gasteiger partial charge < -0.3 is 25.5 Å². The van der Waals surface area contributed by atoms with Crippen molar-refractivity contribution in [2.24, 2.45) is 0 Å². The first kappa shape index (κ1) is 31.6. The van der Waals surface area contributed by atoms with Crippen LogP contribution in [0.3, 0.4) is 0 Å². The van der Waals surface area contributed by atoms with Gasteiger partial charge in [-0.3, -0.25) is 9.20 Å². The lowest BCUT2D eigenvalue weighted by atomic mass is 10.0. The number of aliphatic hydroxyl groups excluding tert-OH is 1. The molecule has 0 bridgehead atoms. The van der Waals surface area contributed by atoms with Gasteiger partial charge >= 0.3 is 0 Å². The molecule has 0 saturated carbocycles. The number of thiazole rings is 1. The quantitative estimate of drug-likeness (QED) is 0.222. The fourth-order valence-corrected chi connectivity index (χ4v) is 7.19. The Hall–Kier alpha value is -4.97. The Morgan fingerprint density at radius 2 is 1.85 bits per heavy atom. The van der Waals surface area contributed by atoms with E-state index in [2.05, 4.69) is 21.6 Å². The van der Waals surface area contributed by atoms with Gasteiger partial charge in [0, 0.05) is 68.0 Å². The summed E-state index contributed by atoms with van der Waals surface area (Å²) in [5.74, 6) is 1.09. The molecule has 14 heteroatoms. The van der Waals surface area contributed by atoms with Crippen molar-refractivity contribution in [1.82, 2.24) is 35.0 Å². The molecule has 6 heterocycles. The summed E-state index contributed by atoms with van der Waals surface area (Å²) in [6.07, 6.45) is 7.92. The SMILES string of the molecule is CCc1nc2ccc(-c3cnc(N4CCC(NC(=O)[C@H]5C[C@@H](O)CN5)CC4)nc3)cn2c1N(C)c1nc(-c2ccc(F)cc2)c(C#N)s1. The van der Waals surface area contributed by atoms with E-state index in [1.807, 2.05) is 54.0 Å². The Morgan fingerprint density at radius 1 is 1.12 bits per heavy atom. The molecule has 12 nitrogen and oxygen atoms in total. The smallest absolute Gasteiger partial charge is 0.237 e. The minimum atomic E-state index is -0.465. The zero-order valence-electron chi connectivity index (χ0n) is 26.6. The van der Waals surface area contributed by atoms with Crippen LogP contribution in [0.4, 0.5) is 21.3 Å². The molecule has 1 aromatic carbocycles. The van der Waals surface area contributed by atoms with Crippen LogP contribution in [0.25, 0.3) is 28.0 Å². The van der Waals surface area contributed by atoms with E-state index in [0.717, 1.165) is 54.2 Å². The summed E-state index contributed by atoms with van der Waals surface area (Å²) in [5.41, 5.74) is 4.63. The standard InChI is InChI=1S/C34H35FN10O2S/c1-3-26-32(43(2)34-42-30(28(15-36)48-34)20-4-7-23(35)8-5-20)45-19-21(6-9-29(45)41-26)22-16-38-33(39-17-22)44-12-10-24(11-13-44)40-31(47)27-14-25(46)18-37-27/h4-9,16-17,19,24-25,27,37,46H,3,10-14,18H2,1-2H3,(H,40,47)/t25-,27-/m1/s1. The molecule has 2 fully saturated rings. The number of pyridine rings is 1. The number of hydrogen-bond acceptors (Lipinski definition) is 11. The topological polar surface area (TPSA) is 148 Å². The highest BCUT2D eigenvalue weighted by molar-refractivity contribution is 7.16. The molecule has 2 aliphatic rings. The molecule has 0 unspecified atom stereocenters. The Labute approximate surface area is 280 Å². The maximum absolute atomic E-state index is 13.6. The molecule has 0 aliphatic carbocycles. The number of nitrogens with zero attached hydrogens (tertiary/aromatic N) is 8. The number of nitriles is 1. The van der Waals surface area contributed by atoms with Crippen molar-refractivity contribution in [3.63, 3.8) is 0 Å². The van der Waals surface area contributed by atoms with Crippen LogP contribution in [0.1, 0.15) is 36.8 Å². The average molecular weight is 667 g/mol. The number of fused-ring (bicyclic) bond motifs is 1. The van der Waals surface area contributed by atoms with E-state index >= 15 is 0 Å². The van der Waals surface area contributed by atoms with Crippen LogP contribution >= 0.6 is 11.3 Å². The van der Waals surface area contributed by atoms with Crippen LogP contribution in [0.5, 0.6) is 0 Å². The van der Waals surface area contributed by atoms with E-state index in [4.69, 9.17) is 19.9 Å². The largest absolute Gasteiger partial charge is 0.392 e. The minimum Gasteiger partial charge on any atom is -0.392 e. The van der Waals surface area contributed by atoms with Crippen LogP contribution in [-0.4, -0.2) is 80.2 Å². The predicted molar refractivity (Wildman–Crippen MR) is 182 cm³/mol. The molecule has 3 N–H and O–H groups in total. The molecule has 2 saturated heterocycles. The molecule has 246 valence electrons. The lowest BCUT2D eigenvalue weighted by Gasteiger charge is -2.32. The van der Waals surface area contributed by atoms with E-state index in [-0.39, 0.29) is 23.8 Å².